The van der Waals surface area contributed by atoms with Crippen molar-refractivity contribution in [2.75, 3.05) is 47.4 Å². The molecule has 3 N–H and O–H groups in total. The predicted octanol–water partition coefficient (Wildman–Crippen LogP) is 1.29. The van der Waals surface area contributed by atoms with E-state index in [1.165, 1.54) is 0 Å². The molecule has 0 spiro atoms. The SMILES string of the molecule is CN=C(NCc1cccc(OCCN(C)C)c1)N1CCCC(CC(N)=O)C1. The summed E-state index contributed by atoms with van der Waals surface area (Å²) in [4.78, 5) is 19.9. The predicted molar refractivity (Wildman–Crippen MR) is 109 cm³/mol. The van der Waals surface area contributed by atoms with Crippen LogP contribution in [0.5, 0.6) is 5.75 Å². The number of primary amides is 1. The molecule has 1 aliphatic heterocycles. The third kappa shape index (κ3) is 7.46. The molecule has 27 heavy (non-hydrogen) atoms. The van der Waals surface area contributed by atoms with Crippen LogP contribution in [-0.2, 0) is 11.3 Å². The van der Waals surface area contributed by atoms with E-state index in [1.807, 2.05) is 26.2 Å². The molecule has 1 heterocycles. The Labute approximate surface area is 162 Å². The monoisotopic (exact) mass is 375 g/mol. The van der Waals surface area contributed by atoms with Gasteiger partial charge >= 0.3 is 0 Å². The quantitative estimate of drug-likeness (QED) is 0.528. The summed E-state index contributed by atoms with van der Waals surface area (Å²) >= 11 is 0. The van der Waals surface area contributed by atoms with Crippen LogP contribution >= 0.6 is 0 Å². The fourth-order valence-corrected chi connectivity index (χ4v) is 3.31. The molecule has 1 aliphatic rings. The second kappa shape index (κ2) is 10.8. The van der Waals surface area contributed by atoms with Crippen LogP contribution in [0.3, 0.4) is 0 Å². The molecule has 150 valence electrons. The van der Waals surface area contributed by atoms with Gasteiger partial charge in [0.25, 0.3) is 0 Å². The molecule has 1 atom stereocenters. The molecule has 1 amide bonds. The van der Waals surface area contributed by atoms with Crippen molar-refractivity contribution in [3.63, 3.8) is 0 Å². The first-order valence-corrected chi connectivity index (χ1v) is 9.58. The minimum absolute atomic E-state index is 0.226. The smallest absolute Gasteiger partial charge is 0.217 e. The Morgan fingerprint density at radius 2 is 2.26 bits per heavy atom. The van der Waals surface area contributed by atoms with Gasteiger partial charge in [-0.05, 0) is 50.6 Å². The van der Waals surface area contributed by atoms with Crippen LogP contribution in [0.4, 0.5) is 0 Å². The maximum atomic E-state index is 11.2. The normalized spacial score (nSPS) is 17.9. The van der Waals surface area contributed by atoms with E-state index in [2.05, 4.69) is 32.2 Å². The number of nitrogens with one attached hydrogen (secondary N) is 1. The largest absolute Gasteiger partial charge is 0.492 e. The van der Waals surface area contributed by atoms with Crippen molar-refractivity contribution in [1.82, 2.24) is 15.1 Å². The highest BCUT2D eigenvalue weighted by molar-refractivity contribution is 5.80. The molecular formula is C20H33N5O2. The lowest BCUT2D eigenvalue weighted by Gasteiger charge is -2.34. The zero-order valence-electron chi connectivity index (χ0n) is 16.8. The van der Waals surface area contributed by atoms with Gasteiger partial charge in [-0.2, -0.15) is 0 Å². The summed E-state index contributed by atoms with van der Waals surface area (Å²) in [5.41, 5.74) is 6.50. The molecule has 1 fully saturated rings. The zero-order valence-corrected chi connectivity index (χ0v) is 16.8. The second-order valence-corrected chi connectivity index (χ2v) is 7.32. The Balaban J connectivity index is 1.87. The number of guanidine groups is 1. The molecule has 1 unspecified atom stereocenters. The van der Waals surface area contributed by atoms with Gasteiger partial charge in [0.1, 0.15) is 12.4 Å². The summed E-state index contributed by atoms with van der Waals surface area (Å²) in [6, 6.07) is 8.12. The molecule has 0 saturated carbocycles. The van der Waals surface area contributed by atoms with Crippen LogP contribution in [0.1, 0.15) is 24.8 Å². The van der Waals surface area contributed by atoms with Crippen LogP contribution in [0.25, 0.3) is 0 Å². The summed E-state index contributed by atoms with van der Waals surface area (Å²) < 4.78 is 5.80. The van der Waals surface area contributed by atoms with Gasteiger partial charge in [-0.1, -0.05) is 12.1 Å². The van der Waals surface area contributed by atoms with Crippen LogP contribution in [0.2, 0.25) is 0 Å². The van der Waals surface area contributed by atoms with Gasteiger partial charge in [0.2, 0.25) is 5.91 Å². The number of rotatable bonds is 8. The van der Waals surface area contributed by atoms with E-state index in [4.69, 9.17) is 10.5 Å². The summed E-state index contributed by atoms with van der Waals surface area (Å²) in [5, 5.41) is 3.43. The van der Waals surface area contributed by atoms with E-state index < -0.39 is 0 Å². The number of hydrogen-bond donors (Lipinski definition) is 2. The van der Waals surface area contributed by atoms with Crippen LogP contribution < -0.4 is 15.8 Å². The van der Waals surface area contributed by atoms with Crippen molar-refractivity contribution in [3.05, 3.63) is 29.8 Å². The van der Waals surface area contributed by atoms with Crippen molar-refractivity contribution in [2.45, 2.75) is 25.8 Å². The van der Waals surface area contributed by atoms with Crippen LogP contribution in [-0.4, -0.2) is 69.1 Å². The summed E-state index contributed by atoms with van der Waals surface area (Å²) in [5.74, 6) is 1.83. The van der Waals surface area contributed by atoms with E-state index in [0.717, 1.165) is 49.7 Å². The van der Waals surface area contributed by atoms with Gasteiger partial charge in [-0.15, -0.1) is 0 Å². The first-order chi connectivity index (χ1) is 13.0. The van der Waals surface area contributed by atoms with Crippen molar-refractivity contribution < 1.29 is 9.53 Å². The lowest BCUT2D eigenvalue weighted by Crippen LogP contribution is -2.46. The van der Waals surface area contributed by atoms with E-state index in [0.29, 0.717) is 25.5 Å². The number of amides is 1. The van der Waals surface area contributed by atoms with E-state index in [9.17, 15) is 4.79 Å². The van der Waals surface area contributed by atoms with Gasteiger partial charge in [0.05, 0.1) is 0 Å². The minimum atomic E-state index is -0.226. The first kappa shape index (κ1) is 21.0. The number of hydrogen-bond acceptors (Lipinski definition) is 4. The molecular weight excluding hydrogens is 342 g/mol. The lowest BCUT2D eigenvalue weighted by molar-refractivity contribution is -0.119. The average Bonchev–Trinajstić information content (AvgIpc) is 2.62. The molecule has 0 bridgehead atoms. The maximum Gasteiger partial charge on any atom is 0.217 e. The highest BCUT2D eigenvalue weighted by Crippen LogP contribution is 2.19. The fourth-order valence-electron chi connectivity index (χ4n) is 3.31. The van der Waals surface area contributed by atoms with Gasteiger partial charge in [-0.3, -0.25) is 9.79 Å². The average molecular weight is 376 g/mol. The molecule has 0 aromatic heterocycles. The number of carbonyl (C=O) groups excluding carboxylic acids is 1. The van der Waals surface area contributed by atoms with Gasteiger partial charge in [0, 0.05) is 39.6 Å². The standard InChI is InChI=1S/C20H33N5O2/c1-22-20(25-9-5-7-17(15-25)13-19(21)26)23-14-16-6-4-8-18(12-16)27-11-10-24(2)3/h4,6,8,12,17H,5,7,9-11,13-15H2,1-3H3,(H2,21,26)(H,22,23). The Kier molecular flexibility index (Phi) is 8.39. The lowest BCUT2D eigenvalue weighted by atomic mass is 9.95. The number of benzene rings is 1. The molecule has 1 saturated heterocycles. The molecule has 2 rings (SSSR count). The fraction of sp³-hybridized carbons (Fsp3) is 0.600. The summed E-state index contributed by atoms with van der Waals surface area (Å²) in [6.07, 6.45) is 2.54. The second-order valence-electron chi connectivity index (χ2n) is 7.32. The summed E-state index contributed by atoms with van der Waals surface area (Å²) in [6.45, 7) is 3.99. The molecule has 1 aromatic rings. The van der Waals surface area contributed by atoms with Crippen LogP contribution in [0, 0.1) is 5.92 Å². The Hall–Kier alpha value is -2.28. The Morgan fingerprint density at radius 1 is 1.44 bits per heavy atom. The highest BCUT2D eigenvalue weighted by atomic mass is 16.5. The van der Waals surface area contributed by atoms with Crippen molar-refractivity contribution in [3.8, 4) is 5.75 Å². The number of nitrogens with two attached hydrogens (primary N) is 1. The number of likely N-dealkylation sites (N-methyl/N-ethyl adjacent to an activating group) is 1. The number of carbonyl (C=O) groups is 1. The van der Waals surface area contributed by atoms with Crippen molar-refractivity contribution in [1.29, 1.82) is 0 Å². The Morgan fingerprint density at radius 3 is 2.96 bits per heavy atom. The first-order valence-electron chi connectivity index (χ1n) is 9.58. The van der Waals surface area contributed by atoms with Gasteiger partial charge < -0.3 is 25.6 Å². The zero-order chi connectivity index (χ0) is 19.6. The molecule has 7 heteroatoms. The van der Waals surface area contributed by atoms with E-state index in [-0.39, 0.29) is 5.91 Å². The van der Waals surface area contributed by atoms with Crippen LogP contribution in [0.15, 0.2) is 29.3 Å². The summed E-state index contributed by atoms with van der Waals surface area (Å²) in [7, 11) is 5.86. The molecule has 1 aromatic carbocycles. The van der Waals surface area contributed by atoms with Crippen molar-refractivity contribution in [2.24, 2.45) is 16.6 Å². The Bertz CT molecular complexity index is 633. The topological polar surface area (TPSA) is 83.2 Å². The molecule has 0 radical (unpaired) electrons. The third-order valence-corrected chi connectivity index (χ3v) is 4.68. The minimum Gasteiger partial charge on any atom is -0.492 e. The number of ether oxygens (including phenoxy) is 1. The number of piperidine rings is 1. The van der Waals surface area contributed by atoms with Crippen molar-refractivity contribution >= 4 is 11.9 Å². The van der Waals surface area contributed by atoms with Gasteiger partial charge in [-0.25, -0.2) is 0 Å². The molecule has 0 aliphatic carbocycles. The maximum absolute atomic E-state index is 11.2. The van der Waals surface area contributed by atoms with E-state index in [1.54, 1.807) is 7.05 Å². The number of likely N-dealkylation sites (tertiary alicyclic amines) is 1. The highest BCUT2D eigenvalue weighted by Gasteiger charge is 2.23. The molecule has 7 nitrogen and oxygen atoms in total. The number of aliphatic imine (C=N–C) groups is 1. The third-order valence-electron chi connectivity index (χ3n) is 4.68. The van der Waals surface area contributed by atoms with E-state index >= 15 is 0 Å². The number of nitrogens with zero attached hydrogens (tertiary/aromatic N) is 3. The van der Waals surface area contributed by atoms with Gasteiger partial charge in [0.15, 0.2) is 5.96 Å².